The Labute approximate surface area is 121 Å². The van der Waals surface area contributed by atoms with Crippen LogP contribution in [0.1, 0.15) is 25.8 Å². The Hall–Kier alpha value is -0.840. The first-order valence-corrected chi connectivity index (χ1v) is 5.51. The van der Waals surface area contributed by atoms with Gasteiger partial charge in [-0.1, -0.05) is 0 Å². The molecule has 2 unspecified atom stereocenters. The number of aromatic nitrogens is 1. The van der Waals surface area contributed by atoms with Gasteiger partial charge in [-0.2, -0.15) is 0 Å². The van der Waals surface area contributed by atoms with E-state index in [1.165, 1.54) is 5.56 Å². The van der Waals surface area contributed by atoms with Crippen molar-refractivity contribution in [1.82, 2.24) is 10.3 Å². The topological polar surface area (TPSA) is 68.0 Å². The molecule has 0 bridgehead atoms. The standard InChI is InChI=1S/C12H19N3O.2ClH/c1-9(13)7-12(16)15-10(2)8-11-3-5-14-6-4-11;;/h3-6,9-10H,7-8,13H2,1-2H3,(H,15,16);2*1H. The van der Waals surface area contributed by atoms with Gasteiger partial charge in [0.1, 0.15) is 0 Å². The van der Waals surface area contributed by atoms with Gasteiger partial charge < -0.3 is 11.1 Å². The van der Waals surface area contributed by atoms with Crippen molar-refractivity contribution in [3.05, 3.63) is 30.1 Å². The fourth-order valence-electron chi connectivity index (χ4n) is 1.55. The smallest absolute Gasteiger partial charge is 0.221 e. The Morgan fingerprint density at radius 1 is 1.33 bits per heavy atom. The zero-order chi connectivity index (χ0) is 12.0. The van der Waals surface area contributed by atoms with Crippen LogP contribution in [-0.4, -0.2) is 23.0 Å². The number of carbonyl (C=O) groups excluding carboxylic acids is 1. The lowest BCUT2D eigenvalue weighted by Gasteiger charge is -2.14. The van der Waals surface area contributed by atoms with Gasteiger partial charge in [0.25, 0.3) is 0 Å². The van der Waals surface area contributed by atoms with E-state index < -0.39 is 0 Å². The van der Waals surface area contributed by atoms with Crippen molar-refractivity contribution in [1.29, 1.82) is 0 Å². The molecule has 0 aliphatic heterocycles. The molecule has 3 N–H and O–H groups in total. The van der Waals surface area contributed by atoms with Crippen LogP contribution in [-0.2, 0) is 11.2 Å². The Bertz CT molecular complexity index is 333. The van der Waals surface area contributed by atoms with Crippen LogP contribution in [0.25, 0.3) is 0 Å². The summed E-state index contributed by atoms with van der Waals surface area (Å²) < 4.78 is 0. The molecule has 0 radical (unpaired) electrons. The first-order chi connectivity index (χ1) is 7.58. The number of hydrogen-bond donors (Lipinski definition) is 2. The molecular weight excluding hydrogens is 273 g/mol. The number of nitrogens with zero attached hydrogens (tertiary/aromatic N) is 1. The van der Waals surface area contributed by atoms with Crippen LogP contribution in [0.5, 0.6) is 0 Å². The van der Waals surface area contributed by atoms with Gasteiger partial charge in [0.15, 0.2) is 0 Å². The van der Waals surface area contributed by atoms with Gasteiger partial charge in [-0.15, -0.1) is 24.8 Å². The van der Waals surface area contributed by atoms with Gasteiger partial charge in [-0.3, -0.25) is 9.78 Å². The third-order valence-electron chi connectivity index (χ3n) is 2.21. The number of halogens is 2. The van der Waals surface area contributed by atoms with Crippen molar-refractivity contribution < 1.29 is 4.79 Å². The number of nitrogens with two attached hydrogens (primary N) is 1. The third-order valence-corrected chi connectivity index (χ3v) is 2.21. The summed E-state index contributed by atoms with van der Waals surface area (Å²) in [7, 11) is 0. The molecule has 104 valence electrons. The second-order valence-electron chi connectivity index (χ2n) is 4.21. The SMILES string of the molecule is CC(N)CC(=O)NC(C)Cc1ccncc1.Cl.Cl. The third kappa shape index (κ3) is 8.28. The normalized spacial score (nSPS) is 12.6. The van der Waals surface area contributed by atoms with Crippen LogP contribution in [0.3, 0.4) is 0 Å². The maximum Gasteiger partial charge on any atom is 0.221 e. The summed E-state index contributed by atoms with van der Waals surface area (Å²) in [5.41, 5.74) is 6.72. The molecule has 0 aromatic carbocycles. The summed E-state index contributed by atoms with van der Waals surface area (Å²) in [5.74, 6) is 0.0107. The molecule has 1 heterocycles. The minimum absolute atomic E-state index is 0. The van der Waals surface area contributed by atoms with Gasteiger partial charge in [0.05, 0.1) is 0 Å². The summed E-state index contributed by atoms with van der Waals surface area (Å²) in [6.45, 7) is 3.81. The average Bonchev–Trinajstić information content (AvgIpc) is 2.17. The molecule has 0 spiro atoms. The van der Waals surface area contributed by atoms with Crippen molar-refractivity contribution in [3.8, 4) is 0 Å². The van der Waals surface area contributed by atoms with Crippen molar-refractivity contribution in [2.75, 3.05) is 0 Å². The van der Waals surface area contributed by atoms with Crippen LogP contribution in [0.4, 0.5) is 0 Å². The molecule has 18 heavy (non-hydrogen) atoms. The van der Waals surface area contributed by atoms with E-state index in [0.717, 1.165) is 6.42 Å². The Morgan fingerprint density at radius 2 is 1.89 bits per heavy atom. The number of hydrogen-bond acceptors (Lipinski definition) is 3. The van der Waals surface area contributed by atoms with E-state index in [0.29, 0.717) is 6.42 Å². The predicted molar refractivity (Wildman–Crippen MR) is 78.3 cm³/mol. The predicted octanol–water partition coefficient (Wildman–Crippen LogP) is 1.71. The fourth-order valence-corrected chi connectivity index (χ4v) is 1.55. The number of carbonyl (C=O) groups is 1. The second-order valence-corrected chi connectivity index (χ2v) is 4.21. The maximum atomic E-state index is 11.5. The Balaban J connectivity index is 0. The van der Waals surface area contributed by atoms with Crippen molar-refractivity contribution in [2.45, 2.75) is 38.8 Å². The molecule has 0 aliphatic carbocycles. The van der Waals surface area contributed by atoms with Gasteiger partial charge >= 0.3 is 0 Å². The molecular formula is C12H21Cl2N3O. The minimum atomic E-state index is -0.0897. The van der Waals surface area contributed by atoms with E-state index in [4.69, 9.17) is 5.73 Å². The second kappa shape index (κ2) is 10.1. The van der Waals surface area contributed by atoms with Gasteiger partial charge in [0, 0.05) is 30.9 Å². The van der Waals surface area contributed by atoms with Crippen LogP contribution >= 0.6 is 24.8 Å². The summed E-state index contributed by atoms with van der Waals surface area (Å²) in [6.07, 6.45) is 4.70. The van der Waals surface area contributed by atoms with Crippen molar-refractivity contribution in [2.24, 2.45) is 5.73 Å². The van der Waals surface area contributed by atoms with Gasteiger partial charge in [-0.05, 0) is 38.0 Å². The number of nitrogens with one attached hydrogen (secondary N) is 1. The lowest BCUT2D eigenvalue weighted by atomic mass is 10.1. The zero-order valence-electron chi connectivity index (χ0n) is 10.6. The maximum absolute atomic E-state index is 11.5. The molecule has 0 saturated carbocycles. The van der Waals surface area contributed by atoms with E-state index in [9.17, 15) is 4.79 Å². The van der Waals surface area contributed by atoms with Crippen molar-refractivity contribution in [3.63, 3.8) is 0 Å². The highest BCUT2D eigenvalue weighted by Crippen LogP contribution is 2.01. The van der Waals surface area contributed by atoms with Gasteiger partial charge in [-0.25, -0.2) is 0 Å². The molecule has 1 amide bonds. The molecule has 1 rings (SSSR count). The lowest BCUT2D eigenvalue weighted by Crippen LogP contribution is -2.37. The summed E-state index contributed by atoms with van der Waals surface area (Å²) in [4.78, 5) is 15.4. The van der Waals surface area contributed by atoms with Crippen LogP contribution in [0, 0.1) is 0 Å². The zero-order valence-corrected chi connectivity index (χ0v) is 12.3. The summed E-state index contributed by atoms with van der Waals surface area (Å²) >= 11 is 0. The van der Waals surface area contributed by atoms with Crippen LogP contribution in [0.2, 0.25) is 0 Å². The van der Waals surface area contributed by atoms with Crippen LogP contribution in [0.15, 0.2) is 24.5 Å². The molecule has 0 fully saturated rings. The molecule has 1 aromatic heterocycles. The number of pyridine rings is 1. The lowest BCUT2D eigenvalue weighted by molar-refractivity contribution is -0.121. The van der Waals surface area contributed by atoms with Gasteiger partial charge in [0.2, 0.25) is 5.91 Å². The Kier molecular flexibility index (Phi) is 11.0. The van der Waals surface area contributed by atoms with E-state index in [-0.39, 0.29) is 42.8 Å². The number of rotatable bonds is 5. The quantitative estimate of drug-likeness (QED) is 0.868. The molecule has 0 saturated heterocycles. The average molecular weight is 294 g/mol. The van der Waals surface area contributed by atoms with E-state index in [1.54, 1.807) is 12.4 Å². The summed E-state index contributed by atoms with van der Waals surface area (Å²) in [5, 5.41) is 2.92. The summed E-state index contributed by atoms with van der Waals surface area (Å²) in [6, 6.07) is 3.93. The van der Waals surface area contributed by atoms with E-state index in [2.05, 4.69) is 10.3 Å². The monoisotopic (exact) mass is 293 g/mol. The first kappa shape index (κ1) is 19.5. The molecule has 0 aliphatic rings. The van der Waals surface area contributed by atoms with E-state index >= 15 is 0 Å². The molecule has 2 atom stereocenters. The number of amides is 1. The first-order valence-electron chi connectivity index (χ1n) is 5.51. The fraction of sp³-hybridized carbons (Fsp3) is 0.500. The Morgan fingerprint density at radius 3 is 2.39 bits per heavy atom. The molecule has 6 heteroatoms. The largest absolute Gasteiger partial charge is 0.353 e. The van der Waals surface area contributed by atoms with E-state index in [1.807, 2.05) is 26.0 Å². The molecule has 4 nitrogen and oxygen atoms in total. The highest BCUT2D eigenvalue weighted by atomic mass is 35.5. The van der Waals surface area contributed by atoms with Crippen molar-refractivity contribution >= 4 is 30.7 Å². The highest BCUT2D eigenvalue weighted by molar-refractivity contribution is 5.85. The molecule has 1 aromatic rings. The van der Waals surface area contributed by atoms with Crippen LogP contribution < -0.4 is 11.1 Å². The highest BCUT2D eigenvalue weighted by Gasteiger charge is 2.09. The minimum Gasteiger partial charge on any atom is -0.353 e.